The molecule has 19 heavy (non-hydrogen) atoms. The SMILES string of the molecule is Cc1sc(CO)cc1S(=O)(=O)N1CCCC(C)(C)C1. The van der Waals surface area contributed by atoms with E-state index in [1.807, 2.05) is 0 Å². The molecular formula is C13H21NO3S2. The number of nitrogens with zero attached hydrogens (tertiary/aromatic N) is 1. The normalized spacial score (nSPS) is 20.6. The molecule has 0 aromatic carbocycles. The average Bonchev–Trinajstić information content (AvgIpc) is 2.70. The van der Waals surface area contributed by atoms with Crippen LogP contribution in [0.4, 0.5) is 0 Å². The minimum atomic E-state index is -3.42. The van der Waals surface area contributed by atoms with E-state index in [9.17, 15) is 8.42 Å². The molecule has 1 aliphatic heterocycles. The van der Waals surface area contributed by atoms with Crippen molar-refractivity contribution in [2.75, 3.05) is 13.1 Å². The van der Waals surface area contributed by atoms with Gasteiger partial charge in [-0.25, -0.2) is 8.42 Å². The summed E-state index contributed by atoms with van der Waals surface area (Å²) in [5, 5.41) is 9.14. The Labute approximate surface area is 119 Å². The molecule has 1 saturated heterocycles. The van der Waals surface area contributed by atoms with Crippen molar-refractivity contribution in [3.8, 4) is 0 Å². The van der Waals surface area contributed by atoms with E-state index in [0.29, 0.717) is 22.9 Å². The highest BCUT2D eigenvalue weighted by atomic mass is 32.2. The Morgan fingerprint density at radius 2 is 2.16 bits per heavy atom. The Balaban J connectivity index is 2.34. The van der Waals surface area contributed by atoms with E-state index in [1.165, 1.54) is 11.3 Å². The summed E-state index contributed by atoms with van der Waals surface area (Å²) < 4.78 is 26.9. The third-order valence-electron chi connectivity index (χ3n) is 3.56. The number of piperidine rings is 1. The average molecular weight is 303 g/mol. The molecule has 0 spiro atoms. The molecule has 0 aliphatic carbocycles. The van der Waals surface area contributed by atoms with Crippen LogP contribution in [0.5, 0.6) is 0 Å². The quantitative estimate of drug-likeness (QED) is 0.932. The van der Waals surface area contributed by atoms with Gasteiger partial charge >= 0.3 is 0 Å². The largest absolute Gasteiger partial charge is 0.391 e. The Kier molecular flexibility index (Phi) is 4.07. The summed E-state index contributed by atoms with van der Waals surface area (Å²) in [6, 6.07) is 1.61. The maximum atomic E-state index is 12.7. The smallest absolute Gasteiger partial charge is 0.244 e. The van der Waals surface area contributed by atoms with Gasteiger partial charge in [0.15, 0.2) is 0 Å². The summed E-state index contributed by atoms with van der Waals surface area (Å²) >= 11 is 1.35. The summed E-state index contributed by atoms with van der Waals surface area (Å²) in [5.41, 5.74) is 0.0368. The van der Waals surface area contributed by atoms with E-state index in [4.69, 9.17) is 5.11 Å². The topological polar surface area (TPSA) is 57.6 Å². The molecule has 1 N–H and O–H groups in total. The van der Waals surface area contributed by atoms with Crippen LogP contribution >= 0.6 is 11.3 Å². The van der Waals surface area contributed by atoms with Crippen molar-refractivity contribution in [2.45, 2.75) is 45.1 Å². The lowest BCUT2D eigenvalue weighted by atomic mass is 9.85. The van der Waals surface area contributed by atoms with Gasteiger partial charge in [-0.2, -0.15) is 4.31 Å². The molecule has 0 bridgehead atoms. The van der Waals surface area contributed by atoms with Crippen LogP contribution in [-0.4, -0.2) is 30.9 Å². The first-order valence-corrected chi connectivity index (χ1v) is 8.72. The molecule has 1 aliphatic rings. The van der Waals surface area contributed by atoms with Crippen LogP contribution in [0.3, 0.4) is 0 Å². The number of hydrogen-bond donors (Lipinski definition) is 1. The monoisotopic (exact) mass is 303 g/mol. The molecule has 2 rings (SSSR count). The predicted octanol–water partition coefficient (Wildman–Crippen LogP) is 2.36. The first kappa shape index (κ1) is 15.0. The Morgan fingerprint density at radius 1 is 1.47 bits per heavy atom. The lowest BCUT2D eigenvalue weighted by Gasteiger charge is -2.37. The highest BCUT2D eigenvalue weighted by molar-refractivity contribution is 7.89. The first-order valence-electron chi connectivity index (χ1n) is 6.46. The van der Waals surface area contributed by atoms with Gasteiger partial charge in [-0.15, -0.1) is 11.3 Å². The van der Waals surface area contributed by atoms with Crippen LogP contribution in [0.15, 0.2) is 11.0 Å². The fourth-order valence-corrected chi connectivity index (χ4v) is 5.70. The van der Waals surface area contributed by atoms with Crippen LogP contribution in [-0.2, 0) is 16.6 Å². The standard InChI is InChI=1S/C13H21NO3S2/c1-10-12(7-11(8-15)18-10)19(16,17)14-6-4-5-13(2,3)9-14/h7,15H,4-6,8-9H2,1-3H3. The number of aryl methyl sites for hydroxylation is 1. The first-order chi connectivity index (χ1) is 8.76. The van der Waals surface area contributed by atoms with Crippen molar-refractivity contribution in [3.05, 3.63) is 15.8 Å². The van der Waals surface area contributed by atoms with Crippen molar-refractivity contribution in [2.24, 2.45) is 5.41 Å². The highest BCUT2D eigenvalue weighted by Crippen LogP contribution is 2.34. The van der Waals surface area contributed by atoms with Gasteiger partial charge in [0.25, 0.3) is 0 Å². The molecule has 1 aromatic rings. The molecule has 2 heterocycles. The van der Waals surface area contributed by atoms with Gasteiger partial charge in [-0.05, 0) is 31.2 Å². The van der Waals surface area contributed by atoms with Crippen molar-refractivity contribution < 1.29 is 13.5 Å². The fraction of sp³-hybridized carbons (Fsp3) is 0.692. The van der Waals surface area contributed by atoms with E-state index < -0.39 is 10.0 Å². The van der Waals surface area contributed by atoms with Crippen LogP contribution in [0.25, 0.3) is 0 Å². The van der Waals surface area contributed by atoms with E-state index in [-0.39, 0.29) is 12.0 Å². The number of aliphatic hydroxyl groups excluding tert-OH is 1. The summed E-state index contributed by atoms with van der Waals surface area (Å²) in [5.74, 6) is 0. The van der Waals surface area contributed by atoms with Gasteiger partial charge in [-0.3, -0.25) is 0 Å². The lowest BCUT2D eigenvalue weighted by Crippen LogP contribution is -2.43. The number of rotatable bonds is 3. The fourth-order valence-electron chi connectivity index (χ4n) is 2.57. The molecular weight excluding hydrogens is 282 g/mol. The number of thiophene rings is 1. The molecule has 108 valence electrons. The second kappa shape index (κ2) is 5.16. The summed E-state index contributed by atoms with van der Waals surface area (Å²) in [6.45, 7) is 7.07. The molecule has 1 aromatic heterocycles. The molecule has 1 fully saturated rings. The van der Waals surface area contributed by atoms with Crippen LogP contribution in [0, 0.1) is 12.3 Å². The zero-order valence-corrected chi connectivity index (χ0v) is 13.3. The Morgan fingerprint density at radius 3 is 2.68 bits per heavy atom. The minimum Gasteiger partial charge on any atom is -0.391 e. The number of hydrogen-bond acceptors (Lipinski definition) is 4. The Bertz CT molecular complexity index is 560. The molecule has 0 radical (unpaired) electrons. The number of sulfonamides is 1. The van der Waals surface area contributed by atoms with Crippen molar-refractivity contribution in [3.63, 3.8) is 0 Å². The summed E-state index contributed by atoms with van der Waals surface area (Å²) in [4.78, 5) is 1.82. The number of aliphatic hydroxyl groups is 1. The van der Waals surface area contributed by atoms with Gasteiger partial charge < -0.3 is 5.11 Å². The zero-order chi connectivity index (χ0) is 14.3. The zero-order valence-electron chi connectivity index (χ0n) is 11.6. The maximum absolute atomic E-state index is 12.7. The van der Waals surface area contributed by atoms with E-state index in [1.54, 1.807) is 17.3 Å². The van der Waals surface area contributed by atoms with Crippen LogP contribution in [0.2, 0.25) is 0 Å². The highest BCUT2D eigenvalue weighted by Gasteiger charge is 2.35. The second-order valence-corrected chi connectivity index (χ2v) is 9.14. The van der Waals surface area contributed by atoms with Gasteiger partial charge in [0.1, 0.15) is 0 Å². The Hall–Kier alpha value is -0.430. The van der Waals surface area contributed by atoms with E-state index in [0.717, 1.165) is 17.7 Å². The third-order valence-corrected chi connectivity index (χ3v) is 6.70. The summed E-state index contributed by atoms with van der Waals surface area (Å²) in [7, 11) is -3.42. The van der Waals surface area contributed by atoms with Crippen molar-refractivity contribution in [1.82, 2.24) is 4.31 Å². The minimum absolute atomic E-state index is 0.0368. The summed E-state index contributed by atoms with van der Waals surface area (Å²) in [6.07, 6.45) is 1.96. The van der Waals surface area contributed by atoms with Gasteiger partial charge in [0, 0.05) is 22.8 Å². The van der Waals surface area contributed by atoms with E-state index in [2.05, 4.69) is 13.8 Å². The van der Waals surface area contributed by atoms with Gasteiger partial charge in [0.2, 0.25) is 10.0 Å². The molecule has 0 unspecified atom stereocenters. The van der Waals surface area contributed by atoms with Gasteiger partial charge in [0.05, 0.1) is 11.5 Å². The predicted molar refractivity (Wildman–Crippen MR) is 76.8 cm³/mol. The molecule has 0 amide bonds. The molecule has 6 heteroatoms. The van der Waals surface area contributed by atoms with Crippen molar-refractivity contribution in [1.29, 1.82) is 0 Å². The van der Waals surface area contributed by atoms with Crippen LogP contribution in [0.1, 0.15) is 36.4 Å². The second-order valence-electron chi connectivity index (χ2n) is 5.90. The molecule has 0 atom stereocenters. The third kappa shape index (κ3) is 3.02. The van der Waals surface area contributed by atoms with E-state index >= 15 is 0 Å². The van der Waals surface area contributed by atoms with Gasteiger partial charge in [-0.1, -0.05) is 13.8 Å². The molecule has 0 saturated carbocycles. The molecule has 4 nitrogen and oxygen atoms in total. The van der Waals surface area contributed by atoms with Crippen molar-refractivity contribution >= 4 is 21.4 Å². The lowest BCUT2D eigenvalue weighted by molar-refractivity contribution is 0.187. The van der Waals surface area contributed by atoms with Crippen LogP contribution < -0.4 is 0 Å². The maximum Gasteiger partial charge on any atom is 0.244 e.